The normalized spacial score (nSPS) is 11.3. The van der Waals surface area contributed by atoms with Crippen molar-refractivity contribution in [2.75, 3.05) is 19.7 Å². The van der Waals surface area contributed by atoms with Gasteiger partial charge in [-0.3, -0.25) is 4.79 Å². The van der Waals surface area contributed by atoms with Gasteiger partial charge in [-0.25, -0.2) is 4.99 Å². The number of ether oxygens (including phenoxy) is 1. The Labute approximate surface area is 203 Å². The van der Waals surface area contributed by atoms with Crippen LogP contribution >= 0.6 is 24.0 Å². The lowest BCUT2D eigenvalue weighted by Crippen LogP contribution is -2.36. The third-order valence-electron chi connectivity index (χ3n) is 4.10. The van der Waals surface area contributed by atoms with Gasteiger partial charge in [-0.05, 0) is 49.2 Å². The monoisotopic (exact) mass is 564 g/mol. The fourth-order valence-electron chi connectivity index (χ4n) is 2.59. The molecule has 2 rings (SSSR count). The second kappa shape index (κ2) is 13.8. The minimum absolute atomic E-state index is 0. The molecule has 0 radical (unpaired) electrons. The van der Waals surface area contributed by atoms with E-state index < -0.39 is 12.8 Å². The number of halogens is 4. The van der Waals surface area contributed by atoms with Crippen LogP contribution in [0.4, 0.5) is 13.2 Å². The van der Waals surface area contributed by atoms with E-state index in [9.17, 15) is 18.0 Å². The van der Waals surface area contributed by atoms with Crippen LogP contribution in [0.5, 0.6) is 5.75 Å². The lowest BCUT2D eigenvalue weighted by molar-refractivity contribution is -0.153. The standard InChI is InChI=1S/C22H27F3N4O2.HI/c1-3-26-20(30)18-9-5-16(6-10-18)13-28-21(27-4-2)29-14-17-7-11-19(12-8-17)31-15-22(23,24)25;/h5-12H,3-4,13-15H2,1-2H3,(H,26,30)(H2,27,28,29);1H. The van der Waals surface area contributed by atoms with Crippen LogP contribution in [-0.4, -0.2) is 37.7 Å². The molecule has 0 atom stereocenters. The Hall–Kier alpha value is -2.50. The molecule has 0 saturated heterocycles. The van der Waals surface area contributed by atoms with Gasteiger partial charge in [-0.15, -0.1) is 24.0 Å². The molecule has 1 amide bonds. The summed E-state index contributed by atoms with van der Waals surface area (Å²) in [5.41, 5.74) is 2.43. The average molecular weight is 564 g/mol. The maximum atomic E-state index is 12.2. The van der Waals surface area contributed by atoms with Gasteiger partial charge < -0.3 is 20.7 Å². The fourth-order valence-corrected chi connectivity index (χ4v) is 2.59. The van der Waals surface area contributed by atoms with Crippen LogP contribution in [-0.2, 0) is 13.1 Å². The van der Waals surface area contributed by atoms with Crippen LogP contribution in [0.25, 0.3) is 0 Å². The van der Waals surface area contributed by atoms with Crippen molar-refractivity contribution in [3.8, 4) is 5.75 Å². The molecule has 0 saturated carbocycles. The summed E-state index contributed by atoms with van der Waals surface area (Å²) in [5, 5.41) is 9.12. The van der Waals surface area contributed by atoms with Crippen molar-refractivity contribution >= 4 is 35.8 Å². The molecule has 0 heterocycles. The molecule has 0 aliphatic rings. The van der Waals surface area contributed by atoms with Gasteiger partial charge in [0.25, 0.3) is 5.91 Å². The Morgan fingerprint density at radius 1 is 0.906 bits per heavy atom. The molecule has 0 aliphatic carbocycles. The first-order chi connectivity index (χ1) is 14.8. The Kier molecular flexibility index (Phi) is 11.9. The van der Waals surface area contributed by atoms with E-state index in [-0.39, 0.29) is 35.6 Å². The molecule has 10 heteroatoms. The number of carbonyl (C=O) groups excluding carboxylic acids is 1. The highest BCUT2D eigenvalue weighted by atomic mass is 127. The van der Waals surface area contributed by atoms with Crippen LogP contribution in [0.15, 0.2) is 53.5 Å². The highest BCUT2D eigenvalue weighted by Gasteiger charge is 2.28. The highest BCUT2D eigenvalue weighted by molar-refractivity contribution is 14.0. The zero-order chi connectivity index (χ0) is 22.7. The molecule has 2 aromatic carbocycles. The molecule has 0 aliphatic heterocycles. The van der Waals surface area contributed by atoms with Gasteiger partial charge in [0.2, 0.25) is 0 Å². The molecule has 0 aromatic heterocycles. The number of amides is 1. The van der Waals surface area contributed by atoms with Crippen molar-refractivity contribution in [1.29, 1.82) is 0 Å². The van der Waals surface area contributed by atoms with Gasteiger partial charge in [0.15, 0.2) is 12.6 Å². The Bertz CT molecular complexity index is 857. The van der Waals surface area contributed by atoms with Gasteiger partial charge in [0, 0.05) is 25.2 Å². The van der Waals surface area contributed by atoms with Gasteiger partial charge in [0.05, 0.1) is 6.54 Å². The summed E-state index contributed by atoms with van der Waals surface area (Å²) >= 11 is 0. The third-order valence-corrected chi connectivity index (χ3v) is 4.10. The van der Waals surface area contributed by atoms with Crippen LogP contribution in [0.1, 0.15) is 35.3 Å². The summed E-state index contributed by atoms with van der Waals surface area (Å²) in [4.78, 5) is 16.3. The highest BCUT2D eigenvalue weighted by Crippen LogP contribution is 2.19. The summed E-state index contributed by atoms with van der Waals surface area (Å²) in [7, 11) is 0. The molecular weight excluding hydrogens is 536 g/mol. The molecule has 3 N–H and O–H groups in total. The third kappa shape index (κ3) is 10.2. The van der Waals surface area contributed by atoms with Crippen LogP contribution in [0.2, 0.25) is 0 Å². The van der Waals surface area contributed by atoms with Crippen molar-refractivity contribution in [1.82, 2.24) is 16.0 Å². The van der Waals surface area contributed by atoms with Crippen molar-refractivity contribution in [3.05, 3.63) is 65.2 Å². The number of guanidine groups is 1. The number of hydrogen-bond acceptors (Lipinski definition) is 3. The Balaban J connectivity index is 0.00000512. The molecule has 0 spiro atoms. The lowest BCUT2D eigenvalue weighted by Gasteiger charge is -2.12. The summed E-state index contributed by atoms with van der Waals surface area (Å²) in [6.45, 7) is 4.62. The summed E-state index contributed by atoms with van der Waals surface area (Å²) in [5.74, 6) is 0.658. The Morgan fingerprint density at radius 2 is 1.50 bits per heavy atom. The van der Waals surface area contributed by atoms with E-state index in [0.717, 1.165) is 11.1 Å². The molecule has 2 aromatic rings. The Morgan fingerprint density at radius 3 is 2.06 bits per heavy atom. The largest absolute Gasteiger partial charge is 0.484 e. The predicted octanol–water partition coefficient (Wildman–Crippen LogP) is 4.25. The summed E-state index contributed by atoms with van der Waals surface area (Å²) in [6.07, 6.45) is -4.36. The number of nitrogens with one attached hydrogen (secondary N) is 3. The zero-order valence-electron chi connectivity index (χ0n) is 18.0. The number of aliphatic imine (C=N–C) groups is 1. The van der Waals surface area contributed by atoms with E-state index >= 15 is 0 Å². The van der Waals surface area contributed by atoms with E-state index in [1.54, 1.807) is 24.3 Å². The minimum Gasteiger partial charge on any atom is -0.484 e. The van der Waals surface area contributed by atoms with Crippen molar-refractivity contribution in [3.63, 3.8) is 0 Å². The maximum absolute atomic E-state index is 12.2. The summed E-state index contributed by atoms with van der Waals surface area (Å²) in [6, 6.07) is 13.6. The number of rotatable bonds is 9. The molecule has 176 valence electrons. The molecule has 0 fully saturated rings. The van der Waals surface area contributed by atoms with E-state index in [1.165, 1.54) is 12.1 Å². The van der Waals surface area contributed by atoms with Gasteiger partial charge in [-0.2, -0.15) is 13.2 Å². The molecule has 0 bridgehead atoms. The molecule has 6 nitrogen and oxygen atoms in total. The van der Waals surface area contributed by atoms with Crippen molar-refractivity contribution in [2.45, 2.75) is 33.1 Å². The van der Waals surface area contributed by atoms with Crippen LogP contribution in [0.3, 0.4) is 0 Å². The second-order valence-electron chi connectivity index (χ2n) is 6.65. The number of nitrogens with zero attached hydrogens (tertiary/aromatic N) is 1. The number of alkyl halides is 3. The maximum Gasteiger partial charge on any atom is 0.422 e. The quantitative estimate of drug-likeness (QED) is 0.242. The van der Waals surface area contributed by atoms with Crippen molar-refractivity contribution in [2.24, 2.45) is 4.99 Å². The molecule has 0 unspecified atom stereocenters. The smallest absolute Gasteiger partial charge is 0.422 e. The van der Waals surface area contributed by atoms with E-state index in [0.29, 0.717) is 37.7 Å². The van der Waals surface area contributed by atoms with Gasteiger partial charge in [0.1, 0.15) is 5.75 Å². The zero-order valence-corrected chi connectivity index (χ0v) is 20.3. The average Bonchev–Trinajstić information content (AvgIpc) is 2.75. The van der Waals surface area contributed by atoms with Crippen LogP contribution < -0.4 is 20.7 Å². The minimum atomic E-state index is -4.36. The first kappa shape index (κ1) is 27.5. The fraction of sp³-hybridized carbons (Fsp3) is 0.364. The lowest BCUT2D eigenvalue weighted by atomic mass is 10.1. The van der Waals surface area contributed by atoms with E-state index in [4.69, 9.17) is 4.74 Å². The first-order valence-electron chi connectivity index (χ1n) is 9.98. The number of benzene rings is 2. The topological polar surface area (TPSA) is 74.8 Å². The van der Waals surface area contributed by atoms with Gasteiger partial charge in [-0.1, -0.05) is 24.3 Å². The SMILES string of the molecule is CCNC(=O)c1ccc(CNC(=NCc2ccc(OCC(F)(F)F)cc2)NCC)cc1.I. The number of carbonyl (C=O) groups is 1. The molecular formula is C22H28F3IN4O2. The van der Waals surface area contributed by atoms with E-state index in [2.05, 4.69) is 20.9 Å². The van der Waals surface area contributed by atoms with E-state index in [1.807, 2.05) is 26.0 Å². The number of hydrogen-bond donors (Lipinski definition) is 3. The first-order valence-corrected chi connectivity index (χ1v) is 9.98. The van der Waals surface area contributed by atoms with Crippen molar-refractivity contribution < 1.29 is 22.7 Å². The predicted molar refractivity (Wildman–Crippen MR) is 130 cm³/mol. The van der Waals surface area contributed by atoms with Crippen LogP contribution in [0, 0.1) is 0 Å². The molecule has 32 heavy (non-hydrogen) atoms. The second-order valence-corrected chi connectivity index (χ2v) is 6.65. The summed E-state index contributed by atoms with van der Waals surface area (Å²) < 4.78 is 41.3. The van der Waals surface area contributed by atoms with Gasteiger partial charge >= 0.3 is 6.18 Å².